The van der Waals surface area contributed by atoms with Gasteiger partial charge in [-0.15, -0.1) is 11.3 Å². The molecular weight excluding hydrogens is 230 g/mol. The summed E-state index contributed by atoms with van der Waals surface area (Å²) < 4.78 is 5.59. The summed E-state index contributed by atoms with van der Waals surface area (Å²) >= 11 is 1.63. The molecule has 2 rings (SSSR count). The van der Waals surface area contributed by atoms with Crippen molar-refractivity contribution in [2.75, 3.05) is 7.11 Å². The fraction of sp³-hybridized carbons (Fsp3) is 0.357. The Hall–Kier alpha value is -1.35. The highest BCUT2D eigenvalue weighted by Gasteiger charge is 2.21. The molecule has 1 heterocycles. The summed E-state index contributed by atoms with van der Waals surface area (Å²) in [7, 11) is 1.72. The van der Waals surface area contributed by atoms with Gasteiger partial charge in [-0.2, -0.15) is 0 Å². The highest BCUT2D eigenvalue weighted by molar-refractivity contribution is 7.13. The highest BCUT2D eigenvalue weighted by Crippen LogP contribution is 2.39. The van der Waals surface area contributed by atoms with Gasteiger partial charge in [0, 0.05) is 17.1 Å². The Bertz CT molecular complexity index is 497. The summed E-state index contributed by atoms with van der Waals surface area (Å²) in [6.45, 7) is 6.57. The molecule has 0 radical (unpaired) electrons. The molecule has 0 bridgehead atoms. The third kappa shape index (κ3) is 2.34. The molecule has 0 spiro atoms. The molecule has 1 aromatic heterocycles. The van der Waals surface area contributed by atoms with E-state index in [2.05, 4.69) is 44.0 Å². The lowest BCUT2D eigenvalue weighted by Crippen LogP contribution is -2.13. The van der Waals surface area contributed by atoms with E-state index >= 15 is 0 Å². The second kappa shape index (κ2) is 4.49. The number of methoxy groups -OCH3 is 1. The highest BCUT2D eigenvalue weighted by atomic mass is 32.1. The van der Waals surface area contributed by atoms with Crippen molar-refractivity contribution in [3.63, 3.8) is 0 Å². The van der Waals surface area contributed by atoms with Gasteiger partial charge >= 0.3 is 0 Å². The van der Waals surface area contributed by atoms with Gasteiger partial charge in [-0.25, -0.2) is 4.98 Å². The summed E-state index contributed by atoms with van der Waals surface area (Å²) in [5, 5.41) is 2.99. The van der Waals surface area contributed by atoms with Crippen LogP contribution in [0.3, 0.4) is 0 Å². The molecule has 0 aliphatic heterocycles. The zero-order valence-electron chi connectivity index (χ0n) is 10.7. The van der Waals surface area contributed by atoms with E-state index in [1.54, 1.807) is 18.4 Å². The minimum absolute atomic E-state index is 0.0681. The number of thiazole rings is 1. The van der Waals surface area contributed by atoms with Gasteiger partial charge in [0.1, 0.15) is 10.8 Å². The molecule has 0 atom stereocenters. The topological polar surface area (TPSA) is 22.1 Å². The van der Waals surface area contributed by atoms with Crippen molar-refractivity contribution in [2.24, 2.45) is 0 Å². The lowest BCUT2D eigenvalue weighted by atomic mass is 9.85. The fourth-order valence-electron chi connectivity index (χ4n) is 1.87. The first-order chi connectivity index (χ1) is 8.04. The fourth-order valence-corrected chi connectivity index (χ4v) is 2.53. The van der Waals surface area contributed by atoms with Crippen molar-refractivity contribution in [3.8, 4) is 16.3 Å². The molecule has 2 nitrogen and oxygen atoms in total. The molecule has 0 N–H and O–H groups in total. The van der Waals surface area contributed by atoms with Crippen molar-refractivity contribution in [2.45, 2.75) is 26.2 Å². The third-order valence-electron chi connectivity index (χ3n) is 2.69. The Balaban J connectivity index is 2.62. The van der Waals surface area contributed by atoms with Crippen LogP contribution < -0.4 is 4.74 Å². The van der Waals surface area contributed by atoms with E-state index < -0.39 is 0 Å². The van der Waals surface area contributed by atoms with E-state index in [4.69, 9.17) is 4.74 Å². The van der Waals surface area contributed by atoms with Gasteiger partial charge in [-0.05, 0) is 11.5 Å². The minimum Gasteiger partial charge on any atom is -0.496 e. The summed E-state index contributed by atoms with van der Waals surface area (Å²) in [5.41, 5.74) is 2.36. The molecule has 0 saturated heterocycles. The first kappa shape index (κ1) is 12.1. The number of hydrogen-bond acceptors (Lipinski definition) is 3. The molecule has 17 heavy (non-hydrogen) atoms. The van der Waals surface area contributed by atoms with Gasteiger partial charge in [-0.3, -0.25) is 0 Å². The maximum atomic E-state index is 5.59. The zero-order valence-corrected chi connectivity index (χ0v) is 11.5. The van der Waals surface area contributed by atoms with Gasteiger partial charge < -0.3 is 4.74 Å². The molecular formula is C14H17NOS. The molecule has 2 aromatic rings. The molecule has 0 unspecified atom stereocenters. The third-order valence-corrected chi connectivity index (χ3v) is 3.50. The first-order valence-corrected chi connectivity index (χ1v) is 6.49. The number of rotatable bonds is 2. The van der Waals surface area contributed by atoms with Crippen LogP contribution in [0.2, 0.25) is 0 Å². The van der Waals surface area contributed by atoms with Crippen LogP contribution in [0, 0.1) is 0 Å². The Morgan fingerprint density at radius 2 is 2.00 bits per heavy atom. The van der Waals surface area contributed by atoms with E-state index in [0.717, 1.165) is 16.3 Å². The standard InChI is InChI=1S/C14H17NOS/c1-14(2,3)11-7-5-6-10(12(11)16-4)13-15-8-9-17-13/h5-9H,1-4H3. The number of para-hydroxylation sites is 1. The lowest BCUT2D eigenvalue weighted by molar-refractivity contribution is 0.399. The van der Waals surface area contributed by atoms with Crippen molar-refractivity contribution in [1.29, 1.82) is 0 Å². The van der Waals surface area contributed by atoms with Crippen LogP contribution in [-0.2, 0) is 5.41 Å². The van der Waals surface area contributed by atoms with Crippen LogP contribution in [0.4, 0.5) is 0 Å². The van der Waals surface area contributed by atoms with E-state index in [1.165, 1.54) is 5.56 Å². The van der Waals surface area contributed by atoms with E-state index in [9.17, 15) is 0 Å². The Labute approximate surface area is 106 Å². The number of aromatic nitrogens is 1. The van der Waals surface area contributed by atoms with Crippen LogP contribution in [0.1, 0.15) is 26.3 Å². The molecule has 1 aromatic carbocycles. The number of nitrogens with zero attached hydrogens (tertiary/aromatic N) is 1. The van der Waals surface area contributed by atoms with Gasteiger partial charge in [0.15, 0.2) is 0 Å². The molecule has 0 aliphatic carbocycles. The van der Waals surface area contributed by atoms with E-state index in [0.29, 0.717) is 0 Å². The maximum Gasteiger partial charge on any atom is 0.132 e. The first-order valence-electron chi connectivity index (χ1n) is 5.61. The van der Waals surface area contributed by atoms with Crippen molar-refractivity contribution < 1.29 is 4.74 Å². The minimum atomic E-state index is 0.0681. The van der Waals surface area contributed by atoms with Crippen LogP contribution in [-0.4, -0.2) is 12.1 Å². The molecule has 0 saturated carbocycles. The van der Waals surface area contributed by atoms with Gasteiger partial charge in [0.05, 0.1) is 12.7 Å². The second-order valence-electron chi connectivity index (χ2n) is 4.97. The molecule has 0 aliphatic rings. The quantitative estimate of drug-likeness (QED) is 0.796. The van der Waals surface area contributed by atoms with Crippen LogP contribution in [0.25, 0.3) is 10.6 Å². The van der Waals surface area contributed by atoms with Crippen molar-refractivity contribution in [1.82, 2.24) is 4.98 Å². The molecule has 3 heteroatoms. The number of benzene rings is 1. The summed E-state index contributed by atoms with van der Waals surface area (Å²) in [5.74, 6) is 0.940. The van der Waals surface area contributed by atoms with Crippen molar-refractivity contribution >= 4 is 11.3 Å². The number of ether oxygens (including phenoxy) is 1. The van der Waals surface area contributed by atoms with Crippen molar-refractivity contribution in [3.05, 3.63) is 35.3 Å². The Morgan fingerprint density at radius 3 is 2.53 bits per heavy atom. The van der Waals surface area contributed by atoms with E-state index in [1.807, 2.05) is 11.6 Å². The van der Waals surface area contributed by atoms with Crippen LogP contribution >= 0.6 is 11.3 Å². The summed E-state index contributed by atoms with van der Waals surface area (Å²) in [4.78, 5) is 4.36. The zero-order chi connectivity index (χ0) is 12.5. The number of hydrogen-bond donors (Lipinski definition) is 0. The Morgan fingerprint density at radius 1 is 1.24 bits per heavy atom. The average Bonchev–Trinajstić information content (AvgIpc) is 2.80. The predicted molar refractivity (Wildman–Crippen MR) is 72.8 cm³/mol. The van der Waals surface area contributed by atoms with Gasteiger partial charge in [-0.1, -0.05) is 32.9 Å². The normalized spacial score (nSPS) is 11.5. The predicted octanol–water partition coefficient (Wildman–Crippen LogP) is 4.12. The van der Waals surface area contributed by atoms with Crippen LogP contribution in [0.5, 0.6) is 5.75 Å². The average molecular weight is 247 g/mol. The van der Waals surface area contributed by atoms with E-state index in [-0.39, 0.29) is 5.41 Å². The van der Waals surface area contributed by atoms with Gasteiger partial charge in [0.25, 0.3) is 0 Å². The molecule has 0 amide bonds. The molecule has 90 valence electrons. The Kier molecular flexibility index (Phi) is 3.20. The monoisotopic (exact) mass is 247 g/mol. The lowest BCUT2D eigenvalue weighted by Gasteiger charge is -2.23. The second-order valence-corrected chi connectivity index (χ2v) is 5.87. The summed E-state index contributed by atoms with van der Waals surface area (Å²) in [6, 6.07) is 6.25. The van der Waals surface area contributed by atoms with Gasteiger partial charge in [0.2, 0.25) is 0 Å². The summed E-state index contributed by atoms with van der Waals surface area (Å²) in [6.07, 6.45) is 1.82. The molecule has 0 fully saturated rings. The van der Waals surface area contributed by atoms with Crippen LogP contribution in [0.15, 0.2) is 29.8 Å². The SMILES string of the molecule is COc1c(-c2nccs2)cccc1C(C)(C)C. The smallest absolute Gasteiger partial charge is 0.132 e. The largest absolute Gasteiger partial charge is 0.496 e. The maximum absolute atomic E-state index is 5.59.